The highest BCUT2D eigenvalue weighted by Gasteiger charge is 2.15. The van der Waals surface area contributed by atoms with Crippen LogP contribution in [0.2, 0.25) is 0 Å². The van der Waals surface area contributed by atoms with Crippen LogP contribution in [0, 0.1) is 6.92 Å². The molecule has 1 atom stereocenters. The molecule has 0 aliphatic carbocycles. The average molecular weight is 222 g/mol. The van der Waals surface area contributed by atoms with Crippen LogP contribution in [0.4, 0.5) is 11.6 Å². The van der Waals surface area contributed by atoms with Gasteiger partial charge in [-0.3, -0.25) is 0 Å². The van der Waals surface area contributed by atoms with Crippen LogP contribution in [0.15, 0.2) is 6.33 Å². The smallest absolute Gasteiger partial charge is 0.134 e. The van der Waals surface area contributed by atoms with Crippen LogP contribution in [0.1, 0.15) is 18.4 Å². The van der Waals surface area contributed by atoms with E-state index < -0.39 is 0 Å². The molecule has 0 saturated carbocycles. The van der Waals surface area contributed by atoms with Gasteiger partial charge in [0.15, 0.2) is 0 Å². The van der Waals surface area contributed by atoms with Crippen molar-refractivity contribution >= 4 is 11.6 Å². The zero-order valence-corrected chi connectivity index (χ0v) is 9.79. The normalized spacial score (nSPS) is 20.5. The summed E-state index contributed by atoms with van der Waals surface area (Å²) in [5.74, 6) is 1.77. The van der Waals surface area contributed by atoms with Crippen molar-refractivity contribution in [2.45, 2.75) is 25.8 Å². The van der Waals surface area contributed by atoms with Gasteiger partial charge in [-0.15, -0.1) is 0 Å². The lowest BCUT2D eigenvalue weighted by molar-refractivity contribution is 0.0875. The van der Waals surface area contributed by atoms with Gasteiger partial charge < -0.3 is 15.4 Å². The minimum absolute atomic E-state index is 0.368. The van der Waals surface area contributed by atoms with Crippen LogP contribution in [-0.2, 0) is 4.74 Å². The number of nitrogens with zero attached hydrogens (tertiary/aromatic N) is 2. The lowest BCUT2D eigenvalue weighted by Crippen LogP contribution is -2.30. The first-order valence-corrected chi connectivity index (χ1v) is 5.65. The maximum absolute atomic E-state index is 5.43. The van der Waals surface area contributed by atoms with Crippen molar-refractivity contribution in [2.75, 3.05) is 30.9 Å². The van der Waals surface area contributed by atoms with E-state index in [2.05, 4.69) is 20.6 Å². The van der Waals surface area contributed by atoms with Gasteiger partial charge in [0, 0.05) is 19.2 Å². The molecule has 2 rings (SSSR count). The minimum atomic E-state index is 0.368. The van der Waals surface area contributed by atoms with Crippen molar-refractivity contribution in [3.8, 4) is 0 Å². The highest BCUT2D eigenvalue weighted by Crippen LogP contribution is 2.20. The minimum Gasteiger partial charge on any atom is -0.379 e. The predicted molar refractivity (Wildman–Crippen MR) is 63.8 cm³/mol. The van der Waals surface area contributed by atoms with Gasteiger partial charge >= 0.3 is 0 Å². The Kier molecular flexibility index (Phi) is 3.56. The molecule has 2 heterocycles. The van der Waals surface area contributed by atoms with Crippen molar-refractivity contribution in [3.05, 3.63) is 11.9 Å². The SMILES string of the molecule is CNc1ncnc(NC2CCCOC2)c1C. The summed E-state index contributed by atoms with van der Waals surface area (Å²) in [5.41, 5.74) is 1.05. The molecule has 1 aromatic rings. The molecule has 1 fully saturated rings. The molecule has 16 heavy (non-hydrogen) atoms. The van der Waals surface area contributed by atoms with Gasteiger partial charge in [0.1, 0.15) is 18.0 Å². The molecule has 1 aliphatic heterocycles. The Balaban J connectivity index is 2.08. The molecule has 1 unspecified atom stereocenters. The van der Waals surface area contributed by atoms with Gasteiger partial charge in [0.2, 0.25) is 0 Å². The van der Waals surface area contributed by atoms with Gasteiger partial charge in [0.25, 0.3) is 0 Å². The van der Waals surface area contributed by atoms with Crippen molar-refractivity contribution in [1.29, 1.82) is 0 Å². The second-order valence-corrected chi connectivity index (χ2v) is 4.00. The summed E-state index contributed by atoms with van der Waals surface area (Å²) in [6.07, 6.45) is 3.82. The fourth-order valence-corrected chi connectivity index (χ4v) is 1.90. The maximum atomic E-state index is 5.43. The molecule has 0 aromatic carbocycles. The van der Waals surface area contributed by atoms with Gasteiger partial charge in [-0.25, -0.2) is 9.97 Å². The van der Waals surface area contributed by atoms with Gasteiger partial charge in [-0.05, 0) is 19.8 Å². The van der Waals surface area contributed by atoms with Crippen LogP contribution < -0.4 is 10.6 Å². The number of anilines is 2. The van der Waals surface area contributed by atoms with E-state index in [0.29, 0.717) is 6.04 Å². The summed E-state index contributed by atoms with van der Waals surface area (Å²) >= 11 is 0. The molecule has 5 nitrogen and oxygen atoms in total. The fourth-order valence-electron chi connectivity index (χ4n) is 1.90. The molecular formula is C11H18N4O. The molecular weight excluding hydrogens is 204 g/mol. The number of rotatable bonds is 3. The molecule has 1 aromatic heterocycles. The maximum Gasteiger partial charge on any atom is 0.134 e. The average Bonchev–Trinajstić information content (AvgIpc) is 2.33. The van der Waals surface area contributed by atoms with Crippen molar-refractivity contribution in [2.24, 2.45) is 0 Å². The number of nitrogens with one attached hydrogen (secondary N) is 2. The summed E-state index contributed by atoms with van der Waals surface area (Å²) in [6, 6.07) is 0.368. The molecule has 5 heteroatoms. The molecule has 88 valence electrons. The van der Waals surface area contributed by atoms with Crippen LogP contribution >= 0.6 is 0 Å². The molecule has 0 spiro atoms. The van der Waals surface area contributed by atoms with E-state index >= 15 is 0 Å². The Morgan fingerprint density at radius 3 is 2.88 bits per heavy atom. The van der Waals surface area contributed by atoms with Crippen molar-refractivity contribution < 1.29 is 4.74 Å². The lowest BCUT2D eigenvalue weighted by atomic mass is 10.1. The Hall–Kier alpha value is -1.36. The lowest BCUT2D eigenvalue weighted by Gasteiger charge is -2.24. The highest BCUT2D eigenvalue weighted by atomic mass is 16.5. The standard InChI is InChI=1S/C11H18N4O/c1-8-10(12-2)13-7-14-11(8)15-9-4-3-5-16-6-9/h7,9H,3-6H2,1-2H3,(H2,12,13,14,15). The second-order valence-electron chi connectivity index (χ2n) is 4.00. The van der Waals surface area contributed by atoms with Crippen LogP contribution in [-0.4, -0.2) is 36.3 Å². The highest BCUT2D eigenvalue weighted by molar-refractivity contribution is 5.56. The molecule has 2 N–H and O–H groups in total. The Morgan fingerprint density at radius 2 is 2.19 bits per heavy atom. The summed E-state index contributed by atoms with van der Waals surface area (Å²) < 4.78 is 5.43. The zero-order chi connectivity index (χ0) is 11.4. The summed E-state index contributed by atoms with van der Waals surface area (Å²) in [6.45, 7) is 3.65. The first-order chi connectivity index (χ1) is 7.81. The Bertz CT molecular complexity index is 350. The van der Waals surface area contributed by atoms with E-state index in [1.165, 1.54) is 0 Å². The topological polar surface area (TPSA) is 59.1 Å². The summed E-state index contributed by atoms with van der Waals surface area (Å²) in [4.78, 5) is 8.42. The largest absolute Gasteiger partial charge is 0.379 e. The van der Waals surface area contributed by atoms with Gasteiger partial charge in [-0.1, -0.05) is 0 Å². The Labute approximate surface area is 95.6 Å². The van der Waals surface area contributed by atoms with Gasteiger partial charge in [-0.2, -0.15) is 0 Å². The predicted octanol–water partition coefficient (Wildman–Crippen LogP) is 1.42. The quantitative estimate of drug-likeness (QED) is 0.810. The summed E-state index contributed by atoms with van der Waals surface area (Å²) in [5, 5.41) is 6.46. The zero-order valence-electron chi connectivity index (χ0n) is 9.79. The number of hydrogen-bond acceptors (Lipinski definition) is 5. The van der Waals surface area contributed by atoms with E-state index in [9.17, 15) is 0 Å². The van der Waals surface area contributed by atoms with Crippen LogP contribution in [0.5, 0.6) is 0 Å². The van der Waals surface area contributed by atoms with Crippen LogP contribution in [0.3, 0.4) is 0 Å². The number of hydrogen-bond donors (Lipinski definition) is 2. The van der Waals surface area contributed by atoms with E-state index in [1.54, 1.807) is 6.33 Å². The molecule has 0 amide bonds. The number of aromatic nitrogens is 2. The molecule has 0 radical (unpaired) electrons. The fraction of sp³-hybridized carbons (Fsp3) is 0.636. The third-order valence-electron chi connectivity index (χ3n) is 2.82. The molecule has 1 aliphatic rings. The monoisotopic (exact) mass is 222 g/mol. The third kappa shape index (κ3) is 2.41. The second kappa shape index (κ2) is 5.12. The third-order valence-corrected chi connectivity index (χ3v) is 2.82. The summed E-state index contributed by atoms with van der Waals surface area (Å²) in [7, 11) is 1.86. The first-order valence-electron chi connectivity index (χ1n) is 5.65. The van der Waals surface area contributed by atoms with E-state index in [-0.39, 0.29) is 0 Å². The van der Waals surface area contributed by atoms with Crippen LogP contribution in [0.25, 0.3) is 0 Å². The number of ether oxygens (including phenoxy) is 1. The van der Waals surface area contributed by atoms with Crippen molar-refractivity contribution in [1.82, 2.24) is 9.97 Å². The molecule has 0 bridgehead atoms. The van der Waals surface area contributed by atoms with E-state index in [1.807, 2.05) is 14.0 Å². The van der Waals surface area contributed by atoms with Gasteiger partial charge in [0.05, 0.1) is 12.6 Å². The van der Waals surface area contributed by atoms with E-state index in [0.717, 1.165) is 43.3 Å². The van der Waals surface area contributed by atoms with Crippen molar-refractivity contribution in [3.63, 3.8) is 0 Å². The van der Waals surface area contributed by atoms with E-state index in [4.69, 9.17) is 4.74 Å². The molecule has 1 saturated heterocycles. The Morgan fingerprint density at radius 1 is 1.38 bits per heavy atom. The first kappa shape index (κ1) is 11.1.